The Kier molecular flexibility index (Phi) is 5.69. The fourth-order valence-electron chi connectivity index (χ4n) is 2.85. The second-order valence-corrected chi connectivity index (χ2v) is 7.77. The molecule has 1 aromatic heterocycles. The number of rotatable bonds is 5. The van der Waals surface area contributed by atoms with Crippen LogP contribution in [-0.4, -0.2) is 10.9 Å². The highest BCUT2D eigenvalue weighted by molar-refractivity contribution is 7.13. The fraction of sp³-hybridized carbons (Fsp3) is 0.0435. The topological polar surface area (TPSA) is 42.0 Å². The summed E-state index contributed by atoms with van der Waals surface area (Å²) in [7, 11) is 0. The maximum Gasteiger partial charge on any atom is 0.228 e. The van der Waals surface area contributed by atoms with E-state index in [9.17, 15) is 9.18 Å². The van der Waals surface area contributed by atoms with Crippen LogP contribution in [0, 0.1) is 5.82 Å². The molecule has 4 aromatic rings. The van der Waals surface area contributed by atoms with Crippen molar-refractivity contribution >= 4 is 34.5 Å². The molecule has 0 saturated carbocycles. The highest BCUT2D eigenvalue weighted by Crippen LogP contribution is 2.30. The lowest BCUT2D eigenvalue weighted by Gasteiger charge is -2.06. The summed E-state index contributed by atoms with van der Waals surface area (Å²) in [5.41, 5.74) is 4.34. The van der Waals surface area contributed by atoms with E-state index in [4.69, 9.17) is 16.6 Å². The summed E-state index contributed by atoms with van der Waals surface area (Å²) in [5.74, 6) is -0.464. The molecule has 0 aliphatic heterocycles. The molecule has 0 aliphatic carbocycles. The van der Waals surface area contributed by atoms with Crippen LogP contribution < -0.4 is 5.32 Å². The highest BCUT2D eigenvalue weighted by Gasteiger charge is 2.08. The van der Waals surface area contributed by atoms with Gasteiger partial charge in [0, 0.05) is 27.2 Å². The molecule has 1 N–H and O–H groups in total. The van der Waals surface area contributed by atoms with Crippen LogP contribution in [0.15, 0.2) is 78.2 Å². The maximum absolute atomic E-state index is 13.0. The summed E-state index contributed by atoms with van der Waals surface area (Å²) < 4.78 is 13.0. The average molecular weight is 423 g/mol. The highest BCUT2D eigenvalue weighted by atomic mass is 35.5. The van der Waals surface area contributed by atoms with E-state index in [0.717, 1.165) is 27.4 Å². The number of nitrogens with zero attached hydrogens (tertiary/aromatic N) is 1. The van der Waals surface area contributed by atoms with Crippen molar-refractivity contribution in [1.29, 1.82) is 0 Å². The van der Waals surface area contributed by atoms with Crippen molar-refractivity contribution < 1.29 is 9.18 Å². The van der Waals surface area contributed by atoms with Crippen LogP contribution >= 0.6 is 22.9 Å². The van der Waals surface area contributed by atoms with Gasteiger partial charge < -0.3 is 5.32 Å². The summed E-state index contributed by atoms with van der Waals surface area (Å²) in [6.07, 6.45) is 0.193. The first-order valence-electron chi connectivity index (χ1n) is 8.93. The first-order chi connectivity index (χ1) is 14.1. The molecule has 0 atom stereocenters. The van der Waals surface area contributed by atoms with Gasteiger partial charge in [-0.25, -0.2) is 9.37 Å². The quantitative estimate of drug-likeness (QED) is 0.401. The molecule has 0 radical (unpaired) electrons. The minimum atomic E-state index is -0.314. The summed E-state index contributed by atoms with van der Waals surface area (Å²) in [6.45, 7) is 0. The first kappa shape index (κ1) is 19.3. The number of carbonyl (C=O) groups is 1. The molecule has 3 nitrogen and oxygen atoms in total. The van der Waals surface area contributed by atoms with Crippen molar-refractivity contribution in [3.8, 4) is 21.8 Å². The smallest absolute Gasteiger partial charge is 0.228 e. The Hall–Kier alpha value is -3.02. The standard InChI is InChI=1S/C23H16ClFN2OS/c24-18-7-3-17(4-8-18)23-27-21(14-29-23)16-5-11-20(12-6-16)26-22(28)13-15-1-9-19(25)10-2-15/h1-12,14H,13H2,(H,26,28). The predicted molar refractivity (Wildman–Crippen MR) is 117 cm³/mol. The van der Waals surface area contributed by atoms with E-state index >= 15 is 0 Å². The Morgan fingerprint density at radius 1 is 0.931 bits per heavy atom. The normalized spacial score (nSPS) is 10.7. The maximum atomic E-state index is 13.0. The molecule has 0 bridgehead atoms. The zero-order valence-electron chi connectivity index (χ0n) is 15.2. The number of thiazole rings is 1. The van der Waals surface area contributed by atoms with E-state index < -0.39 is 0 Å². The predicted octanol–water partition coefficient (Wildman–Crippen LogP) is 6.45. The number of nitrogens with one attached hydrogen (secondary N) is 1. The van der Waals surface area contributed by atoms with Crippen molar-refractivity contribution in [1.82, 2.24) is 4.98 Å². The lowest BCUT2D eigenvalue weighted by atomic mass is 10.1. The summed E-state index contributed by atoms with van der Waals surface area (Å²) in [4.78, 5) is 16.9. The minimum Gasteiger partial charge on any atom is -0.326 e. The molecule has 6 heteroatoms. The lowest BCUT2D eigenvalue weighted by Crippen LogP contribution is -2.14. The molecule has 3 aromatic carbocycles. The zero-order valence-corrected chi connectivity index (χ0v) is 16.8. The van der Waals surface area contributed by atoms with Crippen LogP contribution in [0.3, 0.4) is 0 Å². The van der Waals surface area contributed by atoms with Crippen LogP contribution in [0.5, 0.6) is 0 Å². The SMILES string of the molecule is O=C(Cc1ccc(F)cc1)Nc1ccc(-c2csc(-c3ccc(Cl)cc3)n2)cc1. The fourth-order valence-corrected chi connectivity index (χ4v) is 3.81. The number of hydrogen-bond acceptors (Lipinski definition) is 3. The van der Waals surface area contributed by atoms with Crippen LogP contribution in [-0.2, 0) is 11.2 Å². The number of hydrogen-bond donors (Lipinski definition) is 1. The van der Waals surface area contributed by atoms with Crippen molar-refractivity contribution in [3.05, 3.63) is 94.6 Å². The number of aromatic nitrogens is 1. The van der Waals surface area contributed by atoms with Gasteiger partial charge in [-0.1, -0.05) is 48.0 Å². The Labute approximate surface area is 176 Å². The van der Waals surface area contributed by atoms with Crippen molar-refractivity contribution in [2.24, 2.45) is 0 Å². The van der Waals surface area contributed by atoms with Crippen LogP contribution in [0.2, 0.25) is 5.02 Å². The van der Waals surface area contributed by atoms with Crippen molar-refractivity contribution in [3.63, 3.8) is 0 Å². The van der Waals surface area contributed by atoms with Gasteiger partial charge in [0.2, 0.25) is 5.91 Å². The van der Waals surface area contributed by atoms with E-state index in [2.05, 4.69) is 5.32 Å². The van der Waals surface area contributed by atoms with Gasteiger partial charge in [-0.2, -0.15) is 0 Å². The second-order valence-electron chi connectivity index (χ2n) is 6.47. The summed E-state index contributed by atoms with van der Waals surface area (Å²) in [5, 5.41) is 6.48. The minimum absolute atomic E-state index is 0.150. The summed E-state index contributed by atoms with van der Waals surface area (Å²) in [6, 6.07) is 21.1. The van der Waals surface area contributed by atoms with E-state index in [1.807, 2.05) is 53.9 Å². The van der Waals surface area contributed by atoms with Crippen LogP contribution in [0.4, 0.5) is 10.1 Å². The third kappa shape index (κ3) is 4.88. The van der Waals surface area contributed by atoms with Gasteiger partial charge >= 0.3 is 0 Å². The third-order valence-electron chi connectivity index (χ3n) is 4.34. The van der Waals surface area contributed by atoms with Gasteiger partial charge in [0.25, 0.3) is 0 Å². The molecular formula is C23H16ClFN2OS. The van der Waals surface area contributed by atoms with Gasteiger partial charge in [0.05, 0.1) is 12.1 Å². The van der Waals surface area contributed by atoms with Gasteiger partial charge in [0.15, 0.2) is 0 Å². The zero-order chi connectivity index (χ0) is 20.2. The Balaban J connectivity index is 1.42. The molecule has 0 saturated heterocycles. The monoisotopic (exact) mass is 422 g/mol. The Bertz CT molecular complexity index is 1120. The number of amides is 1. The largest absolute Gasteiger partial charge is 0.326 e. The van der Waals surface area contributed by atoms with Gasteiger partial charge in [-0.05, 0) is 42.0 Å². The second kappa shape index (κ2) is 8.55. The van der Waals surface area contributed by atoms with Crippen LogP contribution in [0.1, 0.15) is 5.56 Å². The molecule has 0 aliphatic rings. The molecule has 4 rings (SSSR count). The van der Waals surface area contributed by atoms with Crippen molar-refractivity contribution in [2.75, 3.05) is 5.32 Å². The Morgan fingerprint density at radius 2 is 1.59 bits per heavy atom. The molecule has 29 heavy (non-hydrogen) atoms. The number of anilines is 1. The molecule has 0 fully saturated rings. The first-order valence-corrected chi connectivity index (χ1v) is 10.2. The molecular weight excluding hydrogens is 407 g/mol. The van der Waals surface area contributed by atoms with Gasteiger partial charge in [-0.15, -0.1) is 11.3 Å². The van der Waals surface area contributed by atoms with Crippen molar-refractivity contribution in [2.45, 2.75) is 6.42 Å². The number of benzene rings is 3. The number of halogens is 2. The molecule has 144 valence electrons. The lowest BCUT2D eigenvalue weighted by molar-refractivity contribution is -0.115. The van der Waals surface area contributed by atoms with E-state index in [-0.39, 0.29) is 18.1 Å². The molecule has 1 amide bonds. The average Bonchev–Trinajstić information content (AvgIpc) is 3.21. The van der Waals surface area contributed by atoms with Gasteiger partial charge in [0.1, 0.15) is 10.8 Å². The van der Waals surface area contributed by atoms with Crippen LogP contribution in [0.25, 0.3) is 21.8 Å². The Morgan fingerprint density at radius 3 is 2.28 bits per heavy atom. The van der Waals surface area contributed by atoms with E-state index in [1.165, 1.54) is 12.1 Å². The molecule has 1 heterocycles. The van der Waals surface area contributed by atoms with Gasteiger partial charge in [-0.3, -0.25) is 4.79 Å². The number of carbonyl (C=O) groups excluding carboxylic acids is 1. The molecule has 0 spiro atoms. The van der Waals surface area contributed by atoms with E-state index in [0.29, 0.717) is 10.7 Å². The summed E-state index contributed by atoms with van der Waals surface area (Å²) >= 11 is 7.51. The third-order valence-corrected chi connectivity index (χ3v) is 5.48. The molecule has 0 unspecified atom stereocenters. The van der Waals surface area contributed by atoms with E-state index in [1.54, 1.807) is 23.5 Å².